The van der Waals surface area contributed by atoms with Gasteiger partial charge >= 0.3 is 0 Å². The van der Waals surface area contributed by atoms with Crippen molar-refractivity contribution < 1.29 is 4.79 Å². The highest BCUT2D eigenvalue weighted by Crippen LogP contribution is 2.26. The summed E-state index contributed by atoms with van der Waals surface area (Å²) in [5.41, 5.74) is 0. The minimum Gasteiger partial charge on any atom is -0.340 e. The highest BCUT2D eigenvalue weighted by molar-refractivity contribution is 5.79. The number of nitrogens with zero attached hydrogens (tertiary/aromatic N) is 2. The average molecular weight is 181 g/mol. The summed E-state index contributed by atoms with van der Waals surface area (Å²) < 4.78 is 0. The second kappa shape index (κ2) is 4.09. The van der Waals surface area contributed by atoms with Crippen molar-refractivity contribution in [3.05, 3.63) is 0 Å². The van der Waals surface area contributed by atoms with Gasteiger partial charge in [-0.05, 0) is 12.8 Å². The Morgan fingerprint density at radius 2 is 1.77 bits per heavy atom. The van der Waals surface area contributed by atoms with E-state index in [0.717, 1.165) is 39.0 Å². The molecule has 1 heterocycles. The third-order valence-corrected chi connectivity index (χ3v) is 3.07. The third kappa shape index (κ3) is 2.02. The molecule has 1 saturated carbocycles. The van der Waals surface area contributed by atoms with Crippen molar-refractivity contribution in [3.8, 4) is 0 Å². The summed E-state index contributed by atoms with van der Waals surface area (Å²) in [5.74, 6) is 0.741. The summed E-state index contributed by atoms with van der Waals surface area (Å²) in [6.07, 6.45) is 4.72. The zero-order valence-electron chi connectivity index (χ0n) is 8.04. The molecule has 2 aliphatic rings. The largest absolute Gasteiger partial charge is 0.340 e. The first kappa shape index (κ1) is 9.00. The standard InChI is InChI=1S/C10H17N2O/c13-10(9-3-1-2-4-9)12-7-5-11-6-8-12/h9H,1-8H2. The number of piperazine rings is 1. The molecule has 0 aromatic rings. The Balaban J connectivity index is 1.87. The topological polar surface area (TPSA) is 34.4 Å². The van der Waals surface area contributed by atoms with Crippen LogP contribution in [0.15, 0.2) is 0 Å². The molecule has 1 amide bonds. The fourth-order valence-electron chi connectivity index (χ4n) is 2.26. The molecule has 1 saturated heterocycles. The van der Waals surface area contributed by atoms with Gasteiger partial charge in [0.15, 0.2) is 0 Å². The zero-order valence-corrected chi connectivity index (χ0v) is 8.04. The smallest absolute Gasteiger partial charge is 0.225 e. The zero-order chi connectivity index (χ0) is 9.10. The predicted octanol–water partition coefficient (Wildman–Crippen LogP) is 0.623. The lowest BCUT2D eigenvalue weighted by Crippen LogP contribution is -2.45. The molecule has 13 heavy (non-hydrogen) atoms. The van der Waals surface area contributed by atoms with Crippen molar-refractivity contribution in [2.45, 2.75) is 25.7 Å². The molecule has 2 rings (SSSR count). The summed E-state index contributed by atoms with van der Waals surface area (Å²) in [7, 11) is 0. The quantitative estimate of drug-likeness (QED) is 0.584. The Bertz CT molecular complexity index is 181. The lowest BCUT2D eigenvalue weighted by molar-refractivity contribution is -0.135. The lowest BCUT2D eigenvalue weighted by atomic mass is 10.1. The second-order valence-electron chi connectivity index (χ2n) is 3.98. The molecule has 2 fully saturated rings. The molecule has 0 bridgehead atoms. The maximum absolute atomic E-state index is 11.9. The molecular weight excluding hydrogens is 164 g/mol. The molecule has 0 aromatic carbocycles. The van der Waals surface area contributed by atoms with E-state index in [0.29, 0.717) is 11.8 Å². The van der Waals surface area contributed by atoms with Crippen molar-refractivity contribution >= 4 is 5.91 Å². The van der Waals surface area contributed by atoms with Gasteiger partial charge in [0.1, 0.15) is 0 Å². The van der Waals surface area contributed by atoms with Crippen LogP contribution in [0.25, 0.3) is 0 Å². The molecule has 0 N–H and O–H groups in total. The normalized spacial score (nSPS) is 25.1. The fraction of sp³-hybridized carbons (Fsp3) is 0.900. The number of rotatable bonds is 1. The van der Waals surface area contributed by atoms with Crippen LogP contribution >= 0.6 is 0 Å². The SMILES string of the molecule is O=C(C1CCCC1)N1CC[N]CC1. The number of carbonyl (C=O) groups excluding carboxylic acids is 1. The Kier molecular flexibility index (Phi) is 2.83. The van der Waals surface area contributed by atoms with Crippen molar-refractivity contribution in [2.24, 2.45) is 5.92 Å². The van der Waals surface area contributed by atoms with E-state index in [1.165, 1.54) is 12.8 Å². The van der Waals surface area contributed by atoms with Gasteiger partial charge in [-0.25, -0.2) is 5.32 Å². The van der Waals surface area contributed by atoms with Gasteiger partial charge in [-0.3, -0.25) is 4.79 Å². The van der Waals surface area contributed by atoms with Crippen LogP contribution in [0.5, 0.6) is 0 Å². The van der Waals surface area contributed by atoms with Gasteiger partial charge in [-0.15, -0.1) is 0 Å². The van der Waals surface area contributed by atoms with Gasteiger partial charge in [-0.2, -0.15) is 0 Å². The van der Waals surface area contributed by atoms with E-state index >= 15 is 0 Å². The first-order valence-corrected chi connectivity index (χ1v) is 5.30. The maximum Gasteiger partial charge on any atom is 0.225 e. The van der Waals surface area contributed by atoms with E-state index in [4.69, 9.17) is 0 Å². The highest BCUT2D eigenvalue weighted by Gasteiger charge is 2.27. The molecule has 1 aliphatic heterocycles. The van der Waals surface area contributed by atoms with Crippen LogP contribution < -0.4 is 5.32 Å². The number of carbonyl (C=O) groups is 1. The molecule has 1 aliphatic carbocycles. The number of hydrogen-bond acceptors (Lipinski definition) is 1. The molecule has 1 radical (unpaired) electrons. The monoisotopic (exact) mass is 181 g/mol. The first-order chi connectivity index (χ1) is 6.38. The van der Waals surface area contributed by atoms with Crippen LogP contribution in [0.2, 0.25) is 0 Å². The molecule has 0 spiro atoms. The van der Waals surface area contributed by atoms with Crippen molar-refractivity contribution in [1.82, 2.24) is 10.2 Å². The van der Waals surface area contributed by atoms with Crippen LogP contribution in [0.4, 0.5) is 0 Å². The van der Waals surface area contributed by atoms with Crippen LogP contribution in [0, 0.1) is 5.92 Å². The Hall–Kier alpha value is -0.570. The van der Waals surface area contributed by atoms with Crippen molar-refractivity contribution in [1.29, 1.82) is 0 Å². The molecule has 0 aromatic heterocycles. The summed E-state index contributed by atoms with van der Waals surface area (Å²) in [5, 5.41) is 4.24. The van der Waals surface area contributed by atoms with Gasteiger partial charge in [0.2, 0.25) is 5.91 Å². The van der Waals surface area contributed by atoms with Crippen LogP contribution in [0.1, 0.15) is 25.7 Å². The summed E-state index contributed by atoms with van der Waals surface area (Å²) in [6.45, 7) is 3.40. The minimum absolute atomic E-state index is 0.345. The second-order valence-corrected chi connectivity index (χ2v) is 3.98. The molecule has 0 atom stereocenters. The number of amides is 1. The van der Waals surface area contributed by atoms with Gasteiger partial charge in [0.05, 0.1) is 0 Å². The Labute approximate surface area is 79.5 Å². The van der Waals surface area contributed by atoms with Gasteiger partial charge in [0.25, 0.3) is 0 Å². The molecule has 3 nitrogen and oxygen atoms in total. The molecule has 3 heteroatoms. The van der Waals surface area contributed by atoms with Crippen LogP contribution in [-0.2, 0) is 4.79 Å². The van der Waals surface area contributed by atoms with E-state index < -0.39 is 0 Å². The van der Waals surface area contributed by atoms with Gasteiger partial charge in [-0.1, -0.05) is 12.8 Å². The highest BCUT2D eigenvalue weighted by atomic mass is 16.2. The van der Waals surface area contributed by atoms with E-state index in [1.54, 1.807) is 0 Å². The van der Waals surface area contributed by atoms with Gasteiger partial charge < -0.3 is 4.90 Å². The van der Waals surface area contributed by atoms with E-state index in [-0.39, 0.29) is 0 Å². The van der Waals surface area contributed by atoms with Crippen LogP contribution in [0.3, 0.4) is 0 Å². The minimum atomic E-state index is 0.345. The molecule has 73 valence electrons. The van der Waals surface area contributed by atoms with Gasteiger partial charge in [0, 0.05) is 32.1 Å². The Morgan fingerprint density at radius 1 is 1.15 bits per heavy atom. The Morgan fingerprint density at radius 3 is 2.38 bits per heavy atom. The third-order valence-electron chi connectivity index (χ3n) is 3.07. The summed E-state index contributed by atoms with van der Waals surface area (Å²) in [6, 6.07) is 0. The summed E-state index contributed by atoms with van der Waals surface area (Å²) in [4.78, 5) is 13.9. The summed E-state index contributed by atoms with van der Waals surface area (Å²) >= 11 is 0. The van der Waals surface area contributed by atoms with E-state index in [2.05, 4.69) is 5.32 Å². The molecular formula is C10H17N2O. The average Bonchev–Trinajstić information content (AvgIpc) is 2.71. The maximum atomic E-state index is 11.9. The van der Waals surface area contributed by atoms with Crippen molar-refractivity contribution in [2.75, 3.05) is 26.2 Å². The number of hydrogen-bond donors (Lipinski definition) is 0. The van der Waals surface area contributed by atoms with Crippen LogP contribution in [-0.4, -0.2) is 37.0 Å². The fourth-order valence-corrected chi connectivity index (χ4v) is 2.26. The molecule has 0 unspecified atom stereocenters. The van der Waals surface area contributed by atoms with Crippen molar-refractivity contribution in [3.63, 3.8) is 0 Å². The lowest BCUT2D eigenvalue weighted by Gasteiger charge is -2.28. The van der Waals surface area contributed by atoms with E-state index in [1.807, 2.05) is 4.90 Å². The van der Waals surface area contributed by atoms with E-state index in [9.17, 15) is 4.79 Å². The first-order valence-electron chi connectivity index (χ1n) is 5.30. The predicted molar refractivity (Wildman–Crippen MR) is 50.4 cm³/mol.